The van der Waals surface area contributed by atoms with E-state index in [0.29, 0.717) is 30.7 Å². The van der Waals surface area contributed by atoms with Gasteiger partial charge in [0.1, 0.15) is 6.54 Å². The number of rotatable bonds is 6. The van der Waals surface area contributed by atoms with Gasteiger partial charge < -0.3 is 4.90 Å². The summed E-state index contributed by atoms with van der Waals surface area (Å²) in [4.78, 5) is 40.7. The maximum atomic E-state index is 13.3. The zero-order valence-corrected chi connectivity index (χ0v) is 20.8. The Hall–Kier alpha value is -3.40. The lowest BCUT2D eigenvalue weighted by molar-refractivity contribution is -0.131. The number of hydrogen-bond donors (Lipinski definition) is 1. The Labute approximate surface area is 204 Å². The first-order valence-corrected chi connectivity index (χ1v) is 13.3. The van der Waals surface area contributed by atoms with Gasteiger partial charge in [0.2, 0.25) is 5.91 Å². The number of aromatic nitrogens is 2. The van der Waals surface area contributed by atoms with Crippen LogP contribution in [0.25, 0.3) is 10.9 Å². The number of hydrogen-bond acceptors (Lipinski definition) is 5. The van der Waals surface area contributed by atoms with E-state index in [-0.39, 0.29) is 22.7 Å². The average Bonchev–Trinajstić information content (AvgIpc) is 3.15. The van der Waals surface area contributed by atoms with E-state index in [1.54, 1.807) is 17.0 Å². The first kappa shape index (κ1) is 24.7. The molecule has 1 amide bonds. The number of likely N-dealkylation sites (tertiary alicyclic amines) is 1. The van der Waals surface area contributed by atoms with Gasteiger partial charge in [-0.2, -0.15) is 0 Å². The highest BCUT2D eigenvalue weighted by Gasteiger charge is 2.22. The molecule has 0 bridgehead atoms. The van der Waals surface area contributed by atoms with Gasteiger partial charge in [-0.1, -0.05) is 38.0 Å². The van der Waals surface area contributed by atoms with Crippen LogP contribution in [0, 0.1) is 0 Å². The van der Waals surface area contributed by atoms with Crippen LogP contribution in [0.5, 0.6) is 0 Å². The van der Waals surface area contributed by atoms with Crippen LogP contribution in [0.4, 0.5) is 5.69 Å². The molecule has 2 heterocycles. The fourth-order valence-electron chi connectivity index (χ4n) is 4.49. The molecule has 10 heteroatoms. The van der Waals surface area contributed by atoms with Crippen molar-refractivity contribution in [3.05, 3.63) is 68.9 Å². The van der Waals surface area contributed by atoms with Crippen LogP contribution < -0.4 is 16.0 Å². The predicted octanol–water partition coefficient (Wildman–Crippen LogP) is 2.47. The molecular weight excluding hydrogens is 468 g/mol. The molecule has 0 atom stereocenters. The fraction of sp³-hybridized carbons (Fsp3) is 0.400. The summed E-state index contributed by atoms with van der Waals surface area (Å²) >= 11 is 0. The highest BCUT2D eigenvalue weighted by atomic mass is 32.2. The van der Waals surface area contributed by atoms with Gasteiger partial charge in [-0.05, 0) is 49.1 Å². The Morgan fingerprint density at radius 3 is 2.37 bits per heavy atom. The monoisotopic (exact) mass is 498 g/mol. The molecule has 0 unspecified atom stereocenters. The van der Waals surface area contributed by atoms with E-state index < -0.39 is 21.3 Å². The number of nitrogens with zero attached hydrogens (tertiary/aromatic N) is 3. The minimum Gasteiger partial charge on any atom is -0.341 e. The number of fused-ring (bicyclic) bond motifs is 1. The molecule has 4 rings (SSSR count). The van der Waals surface area contributed by atoms with Gasteiger partial charge >= 0.3 is 5.69 Å². The van der Waals surface area contributed by atoms with Crippen molar-refractivity contribution in [3.63, 3.8) is 0 Å². The molecule has 3 aromatic rings. The lowest BCUT2D eigenvalue weighted by Crippen LogP contribution is -2.44. The maximum Gasteiger partial charge on any atom is 0.331 e. The highest BCUT2D eigenvalue weighted by molar-refractivity contribution is 7.92. The smallest absolute Gasteiger partial charge is 0.331 e. The van der Waals surface area contributed by atoms with Crippen LogP contribution in [0.1, 0.15) is 38.2 Å². The van der Waals surface area contributed by atoms with Crippen molar-refractivity contribution in [1.29, 1.82) is 0 Å². The Morgan fingerprint density at radius 1 is 1.00 bits per heavy atom. The van der Waals surface area contributed by atoms with Gasteiger partial charge in [-0.25, -0.2) is 13.2 Å². The number of aryl methyl sites for hydroxylation is 2. The first-order chi connectivity index (χ1) is 16.7. The van der Waals surface area contributed by atoms with Crippen molar-refractivity contribution in [2.45, 2.75) is 50.5 Å². The second-order valence-electron chi connectivity index (χ2n) is 8.82. The number of nitrogens with one attached hydrogen (secondary N) is 1. The summed E-state index contributed by atoms with van der Waals surface area (Å²) in [7, 11) is -2.49. The molecule has 186 valence electrons. The summed E-state index contributed by atoms with van der Waals surface area (Å²) in [5.74, 6) is -0.285. The topological polar surface area (TPSA) is 110 Å². The van der Waals surface area contributed by atoms with Gasteiger partial charge in [0, 0.05) is 20.1 Å². The number of amides is 1. The van der Waals surface area contributed by atoms with Gasteiger partial charge in [-0.3, -0.25) is 23.4 Å². The van der Waals surface area contributed by atoms with E-state index >= 15 is 0 Å². The molecule has 0 aliphatic carbocycles. The molecule has 1 aromatic heterocycles. The second-order valence-corrected chi connectivity index (χ2v) is 10.5. The second kappa shape index (κ2) is 10.1. The number of carbonyl (C=O) groups is 1. The number of sulfonamides is 1. The Kier molecular flexibility index (Phi) is 7.11. The van der Waals surface area contributed by atoms with Crippen LogP contribution in [-0.2, 0) is 34.8 Å². The Bertz CT molecular complexity index is 1480. The number of benzene rings is 2. The van der Waals surface area contributed by atoms with Crippen molar-refractivity contribution in [1.82, 2.24) is 14.0 Å². The molecule has 0 saturated carbocycles. The third kappa shape index (κ3) is 5.02. The van der Waals surface area contributed by atoms with Crippen LogP contribution in [0.3, 0.4) is 0 Å². The molecular formula is C25H30N4O5S. The summed E-state index contributed by atoms with van der Waals surface area (Å²) in [6.07, 6.45) is 4.54. The average molecular weight is 499 g/mol. The molecule has 1 fully saturated rings. The third-order valence-electron chi connectivity index (χ3n) is 6.53. The van der Waals surface area contributed by atoms with Crippen molar-refractivity contribution in [3.8, 4) is 0 Å². The van der Waals surface area contributed by atoms with E-state index in [9.17, 15) is 22.8 Å². The molecule has 1 N–H and O–H groups in total. The number of anilines is 1. The molecule has 0 spiro atoms. The molecule has 1 aliphatic rings. The Morgan fingerprint density at radius 2 is 1.69 bits per heavy atom. The molecule has 9 nitrogen and oxygen atoms in total. The van der Waals surface area contributed by atoms with Crippen molar-refractivity contribution >= 4 is 32.5 Å². The third-order valence-corrected chi connectivity index (χ3v) is 7.89. The zero-order valence-electron chi connectivity index (χ0n) is 20.0. The van der Waals surface area contributed by atoms with Crippen molar-refractivity contribution in [2.75, 3.05) is 17.8 Å². The van der Waals surface area contributed by atoms with Crippen LogP contribution in [0.2, 0.25) is 0 Å². The summed E-state index contributed by atoms with van der Waals surface area (Å²) in [5.41, 5.74) is 0.310. The SMILES string of the molecule is CCc1ccccc1NS(=O)(=O)c1ccc2c(c1)c(=O)n(CC(=O)N1CCCCCC1)c(=O)n2C. The molecule has 2 aromatic carbocycles. The highest BCUT2D eigenvalue weighted by Crippen LogP contribution is 2.22. The van der Waals surface area contributed by atoms with E-state index in [4.69, 9.17) is 0 Å². The molecule has 35 heavy (non-hydrogen) atoms. The first-order valence-electron chi connectivity index (χ1n) is 11.8. The molecule has 1 saturated heterocycles. The van der Waals surface area contributed by atoms with E-state index in [2.05, 4.69) is 4.72 Å². The maximum absolute atomic E-state index is 13.3. The minimum absolute atomic E-state index is 0.0578. The lowest BCUT2D eigenvalue weighted by atomic mass is 10.1. The van der Waals surface area contributed by atoms with Gasteiger partial charge in [-0.15, -0.1) is 0 Å². The van der Waals surface area contributed by atoms with E-state index in [1.165, 1.54) is 29.8 Å². The van der Waals surface area contributed by atoms with Gasteiger partial charge in [0.15, 0.2) is 0 Å². The predicted molar refractivity (Wildman–Crippen MR) is 135 cm³/mol. The summed E-state index contributed by atoms with van der Waals surface area (Å²) in [5, 5.41) is 0.0578. The van der Waals surface area contributed by atoms with Crippen LogP contribution >= 0.6 is 0 Å². The summed E-state index contributed by atoms with van der Waals surface area (Å²) in [6.45, 7) is 2.77. The quantitative estimate of drug-likeness (QED) is 0.561. The van der Waals surface area contributed by atoms with Gasteiger partial charge in [0.05, 0.1) is 21.5 Å². The molecule has 0 radical (unpaired) electrons. The standard InChI is InChI=1S/C25H30N4O5S/c1-3-18-10-6-7-11-21(18)26-35(33,34)19-12-13-22-20(16-19)24(31)29(25(32)27(22)2)17-23(30)28-14-8-4-5-9-15-28/h6-7,10-13,16,26H,3-5,8-9,14-15,17H2,1-2H3. The van der Waals surface area contributed by atoms with E-state index in [0.717, 1.165) is 35.8 Å². The van der Waals surface area contributed by atoms with Crippen LogP contribution in [-0.4, -0.2) is 41.4 Å². The zero-order chi connectivity index (χ0) is 25.2. The summed E-state index contributed by atoms with van der Waals surface area (Å²) < 4.78 is 31.0. The minimum atomic E-state index is -3.99. The van der Waals surface area contributed by atoms with Crippen LogP contribution in [0.15, 0.2) is 56.9 Å². The van der Waals surface area contributed by atoms with Crippen molar-refractivity contribution in [2.24, 2.45) is 7.05 Å². The normalized spacial score (nSPS) is 14.6. The van der Waals surface area contributed by atoms with E-state index in [1.807, 2.05) is 19.1 Å². The van der Waals surface area contributed by atoms with Gasteiger partial charge in [0.25, 0.3) is 15.6 Å². The van der Waals surface area contributed by atoms with Crippen molar-refractivity contribution < 1.29 is 13.2 Å². The molecule has 1 aliphatic heterocycles. The number of para-hydroxylation sites is 1. The number of carbonyl (C=O) groups excluding carboxylic acids is 1. The summed E-state index contributed by atoms with van der Waals surface area (Å²) in [6, 6.07) is 11.2. The Balaban J connectivity index is 1.73. The lowest BCUT2D eigenvalue weighted by Gasteiger charge is -2.21. The largest absolute Gasteiger partial charge is 0.341 e. The fourth-order valence-corrected chi connectivity index (χ4v) is 5.62.